The van der Waals surface area contributed by atoms with E-state index in [0.717, 1.165) is 25.2 Å². The fourth-order valence-corrected chi connectivity index (χ4v) is 2.07. The van der Waals surface area contributed by atoms with Crippen molar-refractivity contribution in [2.75, 3.05) is 41.3 Å². The summed E-state index contributed by atoms with van der Waals surface area (Å²) in [5.41, 5.74) is 1.02. The molecule has 0 aliphatic rings. The average Bonchev–Trinajstić information content (AvgIpc) is 2.33. The zero-order chi connectivity index (χ0) is 13.7. The van der Waals surface area contributed by atoms with Gasteiger partial charge in [0.2, 0.25) is 0 Å². The van der Waals surface area contributed by atoms with Gasteiger partial charge in [0.1, 0.15) is 10.8 Å². The topological polar surface area (TPSA) is 15.7 Å². The van der Waals surface area contributed by atoms with Crippen LogP contribution in [0.4, 0.5) is 0 Å². The molecule has 5 heteroatoms. The predicted molar refractivity (Wildman–Crippen MR) is 77.9 cm³/mol. The third-order valence-corrected chi connectivity index (χ3v) is 3.62. The molecule has 0 aliphatic heterocycles. The molecule has 1 aromatic rings. The second-order valence-corrected chi connectivity index (χ2v) is 5.35. The molecule has 0 unspecified atom stereocenters. The predicted octanol–water partition coefficient (Wildman–Crippen LogP) is 3.00. The number of rotatable bonds is 6. The van der Waals surface area contributed by atoms with Crippen molar-refractivity contribution in [3.05, 3.63) is 27.7 Å². The van der Waals surface area contributed by atoms with Gasteiger partial charge < -0.3 is 14.5 Å². The Bertz CT molecular complexity index is 397. The fourth-order valence-electron chi connectivity index (χ4n) is 1.59. The molecule has 0 N–H and O–H groups in total. The molecule has 3 nitrogen and oxygen atoms in total. The Morgan fingerprint density at radius 1 is 1.06 bits per heavy atom. The second-order valence-electron chi connectivity index (χ2n) is 4.60. The van der Waals surface area contributed by atoms with Gasteiger partial charge in [0.15, 0.2) is 0 Å². The van der Waals surface area contributed by atoms with Gasteiger partial charge in [0, 0.05) is 19.6 Å². The summed E-state index contributed by atoms with van der Waals surface area (Å²) in [4.78, 5) is 4.36. The van der Waals surface area contributed by atoms with Crippen molar-refractivity contribution in [3.63, 3.8) is 0 Å². The summed E-state index contributed by atoms with van der Waals surface area (Å²) in [5.74, 6) is 0.612. The van der Waals surface area contributed by atoms with Gasteiger partial charge in [-0.25, -0.2) is 0 Å². The summed E-state index contributed by atoms with van der Waals surface area (Å²) in [5, 5.41) is 1.06. The zero-order valence-corrected chi connectivity index (χ0v) is 12.8. The lowest BCUT2D eigenvalue weighted by Gasteiger charge is -2.20. The summed E-state index contributed by atoms with van der Waals surface area (Å²) in [6.45, 7) is 2.77. The minimum absolute atomic E-state index is 0.484. The molecule has 0 saturated carbocycles. The number of likely N-dealkylation sites (N-methyl/N-ethyl adjacent to an activating group) is 2. The molecule has 0 aromatic heterocycles. The van der Waals surface area contributed by atoms with Gasteiger partial charge in [-0.3, -0.25) is 0 Å². The Balaban J connectivity index is 2.70. The first-order valence-electron chi connectivity index (χ1n) is 5.79. The van der Waals surface area contributed by atoms with E-state index < -0.39 is 0 Å². The van der Waals surface area contributed by atoms with E-state index in [2.05, 4.69) is 30.9 Å². The van der Waals surface area contributed by atoms with Crippen LogP contribution in [0.2, 0.25) is 10.0 Å². The van der Waals surface area contributed by atoms with Crippen molar-refractivity contribution in [1.82, 2.24) is 9.80 Å². The molecule has 18 heavy (non-hydrogen) atoms. The standard InChI is InChI=1S/C13H20Cl2N2O/c1-16(2)7-8-17(3)9-10-5-6-11(18-4)13(15)12(10)14/h5-6H,7-9H2,1-4H3. The highest BCUT2D eigenvalue weighted by Crippen LogP contribution is 2.34. The summed E-state index contributed by atoms with van der Waals surface area (Å²) in [6.07, 6.45) is 0. The molecule has 0 spiro atoms. The molecule has 102 valence electrons. The largest absolute Gasteiger partial charge is 0.495 e. The number of halogens is 2. The molecule has 0 amide bonds. The van der Waals surface area contributed by atoms with E-state index >= 15 is 0 Å². The van der Waals surface area contributed by atoms with Gasteiger partial charge in [-0.2, -0.15) is 0 Å². The van der Waals surface area contributed by atoms with E-state index in [-0.39, 0.29) is 0 Å². The van der Waals surface area contributed by atoms with Crippen LogP contribution in [0.25, 0.3) is 0 Å². The number of nitrogens with zero attached hydrogens (tertiary/aromatic N) is 2. The number of benzene rings is 1. The quantitative estimate of drug-likeness (QED) is 0.801. The molecular formula is C13H20Cl2N2O. The van der Waals surface area contributed by atoms with Crippen molar-refractivity contribution in [2.45, 2.75) is 6.54 Å². The summed E-state index contributed by atoms with van der Waals surface area (Å²) in [7, 11) is 7.77. The Kier molecular flexibility index (Phi) is 6.22. The minimum Gasteiger partial charge on any atom is -0.495 e. The number of hydrogen-bond donors (Lipinski definition) is 0. The molecular weight excluding hydrogens is 271 g/mol. The van der Waals surface area contributed by atoms with Crippen LogP contribution in [0.1, 0.15) is 5.56 Å². The van der Waals surface area contributed by atoms with E-state index in [1.165, 1.54) is 0 Å². The fraction of sp³-hybridized carbons (Fsp3) is 0.538. The SMILES string of the molecule is COc1ccc(CN(C)CCN(C)C)c(Cl)c1Cl. The van der Waals surface area contributed by atoms with Crippen LogP contribution in [-0.2, 0) is 6.54 Å². The maximum absolute atomic E-state index is 6.23. The van der Waals surface area contributed by atoms with Crippen molar-refractivity contribution in [3.8, 4) is 5.75 Å². The van der Waals surface area contributed by atoms with Gasteiger partial charge in [0.25, 0.3) is 0 Å². The lowest BCUT2D eigenvalue weighted by molar-refractivity contribution is 0.276. The van der Waals surface area contributed by atoms with Crippen LogP contribution >= 0.6 is 23.2 Å². The Labute approximate surface area is 119 Å². The van der Waals surface area contributed by atoms with Crippen LogP contribution in [0.15, 0.2) is 12.1 Å². The molecule has 0 saturated heterocycles. The lowest BCUT2D eigenvalue weighted by Crippen LogP contribution is -2.28. The summed E-state index contributed by atoms with van der Waals surface area (Å²) >= 11 is 12.4. The molecule has 0 radical (unpaired) electrons. The van der Waals surface area contributed by atoms with Crippen LogP contribution in [0.5, 0.6) is 5.75 Å². The van der Waals surface area contributed by atoms with Crippen molar-refractivity contribution in [2.24, 2.45) is 0 Å². The van der Waals surface area contributed by atoms with Crippen LogP contribution < -0.4 is 4.74 Å². The highest BCUT2D eigenvalue weighted by molar-refractivity contribution is 6.43. The molecule has 0 atom stereocenters. The van der Waals surface area contributed by atoms with E-state index in [0.29, 0.717) is 15.8 Å². The van der Waals surface area contributed by atoms with Gasteiger partial charge >= 0.3 is 0 Å². The highest BCUT2D eigenvalue weighted by atomic mass is 35.5. The van der Waals surface area contributed by atoms with Gasteiger partial charge in [-0.05, 0) is 32.8 Å². The Hall–Kier alpha value is -0.480. The van der Waals surface area contributed by atoms with E-state index in [1.807, 2.05) is 12.1 Å². The number of ether oxygens (including phenoxy) is 1. The van der Waals surface area contributed by atoms with Gasteiger partial charge in [-0.15, -0.1) is 0 Å². The van der Waals surface area contributed by atoms with Gasteiger partial charge in [0.05, 0.1) is 12.1 Å². The molecule has 0 fully saturated rings. The van der Waals surface area contributed by atoms with Crippen LogP contribution in [0, 0.1) is 0 Å². The molecule has 0 bridgehead atoms. The minimum atomic E-state index is 0.484. The van der Waals surface area contributed by atoms with Crippen molar-refractivity contribution >= 4 is 23.2 Å². The summed E-state index contributed by atoms with van der Waals surface area (Å²) < 4.78 is 5.13. The lowest BCUT2D eigenvalue weighted by atomic mass is 10.2. The third kappa shape index (κ3) is 4.32. The van der Waals surface area contributed by atoms with Crippen LogP contribution in [-0.4, -0.2) is 51.1 Å². The first kappa shape index (κ1) is 15.6. The smallest absolute Gasteiger partial charge is 0.138 e. The molecule has 1 rings (SSSR count). The van der Waals surface area contributed by atoms with E-state index in [1.54, 1.807) is 7.11 Å². The summed E-state index contributed by atoms with van der Waals surface area (Å²) in [6, 6.07) is 3.81. The van der Waals surface area contributed by atoms with Crippen molar-refractivity contribution < 1.29 is 4.74 Å². The average molecular weight is 291 g/mol. The van der Waals surface area contributed by atoms with Crippen LogP contribution in [0.3, 0.4) is 0 Å². The first-order chi connectivity index (χ1) is 8.45. The maximum Gasteiger partial charge on any atom is 0.138 e. The maximum atomic E-state index is 6.23. The number of methoxy groups -OCH3 is 1. The molecule has 1 aromatic carbocycles. The monoisotopic (exact) mass is 290 g/mol. The van der Waals surface area contributed by atoms with Gasteiger partial charge in [-0.1, -0.05) is 29.3 Å². The second kappa shape index (κ2) is 7.19. The normalized spacial score (nSPS) is 11.3. The molecule has 0 heterocycles. The van der Waals surface area contributed by atoms with E-state index in [9.17, 15) is 0 Å². The molecule has 0 aliphatic carbocycles. The Morgan fingerprint density at radius 2 is 1.72 bits per heavy atom. The van der Waals surface area contributed by atoms with Crippen molar-refractivity contribution in [1.29, 1.82) is 0 Å². The highest BCUT2D eigenvalue weighted by Gasteiger charge is 2.11. The van der Waals surface area contributed by atoms with E-state index in [4.69, 9.17) is 27.9 Å². The zero-order valence-electron chi connectivity index (χ0n) is 11.3. The Morgan fingerprint density at radius 3 is 2.28 bits per heavy atom. The number of hydrogen-bond acceptors (Lipinski definition) is 3. The third-order valence-electron chi connectivity index (χ3n) is 2.72. The first-order valence-corrected chi connectivity index (χ1v) is 6.55.